The van der Waals surface area contributed by atoms with Crippen LogP contribution in [0.5, 0.6) is 5.75 Å². The maximum Gasteiger partial charge on any atom is 0.412 e. The number of esters is 1. The Balaban J connectivity index is 2.25. The molecule has 0 aliphatic heterocycles. The first kappa shape index (κ1) is 15.2. The molecule has 0 bridgehead atoms. The van der Waals surface area contributed by atoms with Gasteiger partial charge in [0.15, 0.2) is 0 Å². The smallest absolute Gasteiger partial charge is 0.412 e. The number of hydrogen-bond donors (Lipinski definition) is 1. The van der Waals surface area contributed by atoms with E-state index in [0.717, 1.165) is 4.47 Å². The Kier molecular flexibility index (Phi) is 6.08. The van der Waals surface area contributed by atoms with Crippen LogP contribution in [0.25, 0.3) is 0 Å². The highest BCUT2D eigenvalue weighted by atomic mass is 79.9. The highest BCUT2D eigenvalue weighted by Gasteiger charge is 2.06. The van der Waals surface area contributed by atoms with Crippen molar-refractivity contribution < 1.29 is 19.1 Å². The average Bonchev–Trinajstić information content (AvgIpc) is 2.34. The van der Waals surface area contributed by atoms with E-state index in [1.807, 2.05) is 6.07 Å². The summed E-state index contributed by atoms with van der Waals surface area (Å²) in [5, 5.41) is 2.46. The molecular formula is C13H14BrNO4. The van der Waals surface area contributed by atoms with Crippen LogP contribution in [-0.4, -0.2) is 25.2 Å². The highest BCUT2D eigenvalue weighted by Crippen LogP contribution is 2.17. The molecule has 0 aliphatic rings. The first-order valence-electron chi connectivity index (χ1n) is 5.53. The average molecular weight is 328 g/mol. The van der Waals surface area contributed by atoms with Gasteiger partial charge in [0.1, 0.15) is 12.4 Å². The van der Waals surface area contributed by atoms with E-state index in [2.05, 4.69) is 27.8 Å². The standard InChI is InChI=1S/C13H14BrNO4/c1-9(2)12(16)18-7-6-15-13(17)19-11-5-3-4-10(14)8-11/h3-5,8H,1,6-7H2,2H3,(H,15,17). The number of amides is 1. The number of hydrogen-bond acceptors (Lipinski definition) is 4. The van der Waals surface area contributed by atoms with Gasteiger partial charge in [-0.25, -0.2) is 9.59 Å². The molecule has 0 radical (unpaired) electrons. The molecule has 0 aromatic heterocycles. The van der Waals surface area contributed by atoms with Gasteiger partial charge in [-0.15, -0.1) is 0 Å². The lowest BCUT2D eigenvalue weighted by Crippen LogP contribution is -2.30. The van der Waals surface area contributed by atoms with Gasteiger partial charge >= 0.3 is 12.1 Å². The largest absolute Gasteiger partial charge is 0.460 e. The summed E-state index contributed by atoms with van der Waals surface area (Å²) in [6.07, 6.45) is -0.607. The van der Waals surface area contributed by atoms with Gasteiger partial charge < -0.3 is 14.8 Å². The maximum absolute atomic E-state index is 11.4. The fourth-order valence-electron chi connectivity index (χ4n) is 1.09. The predicted octanol–water partition coefficient (Wildman–Crippen LogP) is 2.66. The number of carbonyl (C=O) groups is 2. The quantitative estimate of drug-likeness (QED) is 0.513. The van der Waals surface area contributed by atoms with Crippen LogP contribution in [0.1, 0.15) is 6.92 Å². The van der Waals surface area contributed by atoms with Gasteiger partial charge in [0.2, 0.25) is 0 Å². The van der Waals surface area contributed by atoms with Crippen LogP contribution in [0.15, 0.2) is 40.9 Å². The zero-order valence-electron chi connectivity index (χ0n) is 10.4. The summed E-state index contributed by atoms with van der Waals surface area (Å²) in [7, 11) is 0. The van der Waals surface area contributed by atoms with E-state index >= 15 is 0 Å². The summed E-state index contributed by atoms with van der Waals surface area (Å²) in [4.78, 5) is 22.4. The van der Waals surface area contributed by atoms with Gasteiger partial charge in [-0.05, 0) is 25.1 Å². The molecule has 0 saturated heterocycles. The molecular weight excluding hydrogens is 314 g/mol. The van der Waals surface area contributed by atoms with Crippen LogP contribution in [0.3, 0.4) is 0 Å². The van der Waals surface area contributed by atoms with Crippen molar-refractivity contribution >= 4 is 28.0 Å². The molecule has 1 aromatic rings. The normalized spacial score (nSPS) is 9.58. The lowest BCUT2D eigenvalue weighted by atomic mass is 10.3. The monoisotopic (exact) mass is 327 g/mol. The fraction of sp³-hybridized carbons (Fsp3) is 0.231. The lowest BCUT2D eigenvalue weighted by Gasteiger charge is -2.07. The van der Waals surface area contributed by atoms with E-state index in [0.29, 0.717) is 11.3 Å². The summed E-state index contributed by atoms with van der Waals surface area (Å²) in [5.74, 6) is -0.0621. The van der Waals surface area contributed by atoms with Crippen molar-refractivity contribution in [3.8, 4) is 5.75 Å². The molecule has 0 spiro atoms. The first-order chi connectivity index (χ1) is 8.99. The van der Waals surface area contributed by atoms with Crippen molar-refractivity contribution in [1.29, 1.82) is 0 Å². The number of carbonyl (C=O) groups excluding carboxylic acids is 2. The minimum Gasteiger partial charge on any atom is -0.460 e. The third-order valence-corrected chi connectivity index (χ3v) is 2.45. The molecule has 6 heteroatoms. The second-order valence-corrected chi connectivity index (χ2v) is 4.61. The summed E-state index contributed by atoms with van der Waals surface area (Å²) < 4.78 is 10.6. The zero-order valence-corrected chi connectivity index (χ0v) is 12.0. The van der Waals surface area contributed by atoms with E-state index in [9.17, 15) is 9.59 Å². The van der Waals surface area contributed by atoms with Gasteiger partial charge in [-0.3, -0.25) is 0 Å². The molecule has 19 heavy (non-hydrogen) atoms. The first-order valence-corrected chi connectivity index (χ1v) is 6.32. The van der Waals surface area contributed by atoms with Gasteiger partial charge in [-0.1, -0.05) is 28.6 Å². The van der Waals surface area contributed by atoms with Crippen LogP contribution in [0.2, 0.25) is 0 Å². The Morgan fingerprint density at radius 1 is 1.42 bits per heavy atom. The molecule has 0 atom stereocenters. The Bertz CT molecular complexity index is 487. The van der Waals surface area contributed by atoms with Crippen LogP contribution in [0.4, 0.5) is 4.79 Å². The van der Waals surface area contributed by atoms with Crippen molar-refractivity contribution in [2.24, 2.45) is 0 Å². The summed E-state index contributed by atoms with van der Waals surface area (Å²) in [6, 6.07) is 6.90. The van der Waals surface area contributed by atoms with E-state index in [1.165, 1.54) is 0 Å². The molecule has 0 fully saturated rings. The van der Waals surface area contributed by atoms with Crippen LogP contribution in [0, 0.1) is 0 Å². The van der Waals surface area contributed by atoms with Crippen molar-refractivity contribution in [3.05, 3.63) is 40.9 Å². The topological polar surface area (TPSA) is 64.6 Å². The van der Waals surface area contributed by atoms with Gasteiger partial charge in [0, 0.05) is 10.0 Å². The minimum absolute atomic E-state index is 0.0687. The molecule has 0 heterocycles. The summed E-state index contributed by atoms with van der Waals surface area (Å²) in [5.41, 5.74) is 0.316. The molecule has 1 aromatic carbocycles. The molecule has 1 rings (SSSR count). The third kappa shape index (κ3) is 6.05. The van der Waals surface area contributed by atoms with E-state index in [4.69, 9.17) is 9.47 Å². The van der Waals surface area contributed by atoms with Gasteiger partial charge in [0.05, 0.1) is 6.54 Å². The Morgan fingerprint density at radius 3 is 2.79 bits per heavy atom. The SMILES string of the molecule is C=C(C)C(=O)OCCNC(=O)Oc1cccc(Br)c1. The molecule has 1 amide bonds. The van der Waals surface area contributed by atoms with E-state index in [-0.39, 0.29) is 13.2 Å². The van der Waals surface area contributed by atoms with Crippen molar-refractivity contribution in [2.75, 3.05) is 13.2 Å². The Morgan fingerprint density at radius 2 is 2.16 bits per heavy atom. The molecule has 102 valence electrons. The van der Waals surface area contributed by atoms with Crippen LogP contribution in [-0.2, 0) is 9.53 Å². The highest BCUT2D eigenvalue weighted by molar-refractivity contribution is 9.10. The summed E-state index contributed by atoms with van der Waals surface area (Å²) in [6.45, 7) is 5.24. The maximum atomic E-state index is 11.4. The molecule has 1 N–H and O–H groups in total. The zero-order chi connectivity index (χ0) is 14.3. The molecule has 0 saturated carbocycles. The molecule has 0 unspecified atom stereocenters. The number of benzene rings is 1. The number of nitrogens with one attached hydrogen (secondary N) is 1. The number of halogens is 1. The number of ether oxygens (including phenoxy) is 2. The lowest BCUT2D eigenvalue weighted by molar-refractivity contribution is -0.138. The van der Waals surface area contributed by atoms with Gasteiger partial charge in [-0.2, -0.15) is 0 Å². The Labute approximate surface area is 119 Å². The second kappa shape index (κ2) is 7.58. The fourth-order valence-corrected chi connectivity index (χ4v) is 1.47. The Hall–Kier alpha value is -1.82. The minimum atomic E-state index is -0.607. The van der Waals surface area contributed by atoms with Gasteiger partial charge in [0.25, 0.3) is 0 Å². The molecule has 5 nitrogen and oxygen atoms in total. The summed E-state index contributed by atoms with van der Waals surface area (Å²) >= 11 is 3.27. The van der Waals surface area contributed by atoms with Crippen LogP contribution >= 0.6 is 15.9 Å². The third-order valence-electron chi connectivity index (χ3n) is 1.96. The van der Waals surface area contributed by atoms with E-state index in [1.54, 1.807) is 25.1 Å². The molecule has 0 aliphatic carbocycles. The van der Waals surface area contributed by atoms with Crippen molar-refractivity contribution in [2.45, 2.75) is 6.92 Å². The second-order valence-electron chi connectivity index (χ2n) is 3.69. The van der Waals surface area contributed by atoms with Crippen molar-refractivity contribution in [1.82, 2.24) is 5.32 Å². The number of rotatable bonds is 5. The van der Waals surface area contributed by atoms with E-state index < -0.39 is 12.1 Å². The predicted molar refractivity (Wildman–Crippen MR) is 73.9 cm³/mol. The van der Waals surface area contributed by atoms with Crippen molar-refractivity contribution in [3.63, 3.8) is 0 Å². The van der Waals surface area contributed by atoms with Crippen LogP contribution < -0.4 is 10.1 Å².